The number of alkyl carbamates (subject to hydrolysis) is 1. The van der Waals surface area contributed by atoms with Gasteiger partial charge in [0.25, 0.3) is 0 Å². The van der Waals surface area contributed by atoms with Crippen LogP contribution in [0, 0.1) is 5.92 Å². The number of hydrogen-bond donors (Lipinski definition) is 1. The van der Waals surface area contributed by atoms with Crippen molar-refractivity contribution in [3.63, 3.8) is 0 Å². The Morgan fingerprint density at radius 2 is 1.80 bits per heavy atom. The second-order valence-corrected chi connectivity index (χ2v) is 9.68. The van der Waals surface area contributed by atoms with Gasteiger partial charge in [0.15, 0.2) is 0 Å². The third-order valence-corrected chi connectivity index (χ3v) is 5.26. The molecule has 0 aliphatic carbocycles. The van der Waals surface area contributed by atoms with E-state index in [1.165, 1.54) is 10.6 Å². The summed E-state index contributed by atoms with van der Waals surface area (Å²) in [6, 6.07) is -0.250. The number of amides is 2. The fourth-order valence-corrected chi connectivity index (χ4v) is 3.68. The van der Waals surface area contributed by atoms with E-state index in [0.29, 0.717) is 32.5 Å². The van der Waals surface area contributed by atoms with E-state index in [2.05, 4.69) is 5.32 Å². The van der Waals surface area contributed by atoms with Gasteiger partial charge in [0.2, 0.25) is 15.9 Å². The van der Waals surface area contributed by atoms with Gasteiger partial charge in [-0.1, -0.05) is 0 Å². The van der Waals surface area contributed by atoms with Gasteiger partial charge in [-0.3, -0.25) is 4.79 Å². The monoisotopic (exact) mass is 377 g/mol. The van der Waals surface area contributed by atoms with Crippen molar-refractivity contribution in [1.29, 1.82) is 0 Å². The highest BCUT2D eigenvalue weighted by Crippen LogP contribution is 2.21. The van der Waals surface area contributed by atoms with E-state index in [1.807, 2.05) is 0 Å². The third kappa shape index (κ3) is 7.60. The van der Waals surface area contributed by atoms with Crippen molar-refractivity contribution in [2.75, 3.05) is 32.9 Å². The molecular formula is C16H31N3O5S. The number of hydrogen-bond acceptors (Lipinski definition) is 5. The van der Waals surface area contributed by atoms with E-state index in [0.717, 1.165) is 0 Å². The zero-order valence-electron chi connectivity index (χ0n) is 16.0. The molecule has 1 N–H and O–H groups in total. The van der Waals surface area contributed by atoms with Crippen molar-refractivity contribution in [1.82, 2.24) is 14.5 Å². The van der Waals surface area contributed by atoms with Crippen molar-refractivity contribution in [3.8, 4) is 0 Å². The van der Waals surface area contributed by atoms with E-state index < -0.39 is 21.7 Å². The molecule has 1 heterocycles. The van der Waals surface area contributed by atoms with Crippen LogP contribution in [-0.4, -0.2) is 74.2 Å². The van der Waals surface area contributed by atoms with Gasteiger partial charge >= 0.3 is 6.09 Å². The summed E-state index contributed by atoms with van der Waals surface area (Å²) in [5.74, 6) is -0.206. The van der Waals surface area contributed by atoms with Gasteiger partial charge in [0.05, 0.1) is 6.26 Å². The average molecular weight is 378 g/mol. The van der Waals surface area contributed by atoms with Crippen molar-refractivity contribution >= 4 is 22.0 Å². The van der Waals surface area contributed by atoms with Crippen LogP contribution in [0.5, 0.6) is 0 Å². The minimum Gasteiger partial charge on any atom is -0.444 e. The smallest absolute Gasteiger partial charge is 0.407 e. The Labute approximate surface area is 150 Å². The lowest BCUT2D eigenvalue weighted by Crippen LogP contribution is -2.47. The summed E-state index contributed by atoms with van der Waals surface area (Å²) in [4.78, 5) is 25.9. The predicted molar refractivity (Wildman–Crippen MR) is 95.6 cm³/mol. The van der Waals surface area contributed by atoms with Crippen LogP contribution in [0.4, 0.5) is 4.79 Å². The maximum atomic E-state index is 12.5. The molecule has 0 aromatic heterocycles. The summed E-state index contributed by atoms with van der Waals surface area (Å²) >= 11 is 0. The summed E-state index contributed by atoms with van der Waals surface area (Å²) in [6.07, 6.45) is 1.71. The number of nitrogens with one attached hydrogen (secondary N) is 1. The molecule has 0 saturated carbocycles. The molecule has 0 unspecified atom stereocenters. The van der Waals surface area contributed by atoms with Crippen LogP contribution in [0.15, 0.2) is 0 Å². The number of carbonyl (C=O) groups is 2. The van der Waals surface area contributed by atoms with Crippen LogP contribution >= 0.6 is 0 Å². The van der Waals surface area contributed by atoms with Crippen LogP contribution in [0.25, 0.3) is 0 Å². The SMILES string of the molecule is C[C@@H](CN(C)C(=O)C1CCN(S(C)(=O)=O)CC1)NC(=O)OC(C)(C)C. The van der Waals surface area contributed by atoms with Gasteiger partial charge in [-0.15, -0.1) is 0 Å². The fourth-order valence-electron chi connectivity index (χ4n) is 2.80. The summed E-state index contributed by atoms with van der Waals surface area (Å²) in [7, 11) is -1.50. The van der Waals surface area contributed by atoms with Crippen LogP contribution in [0.1, 0.15) is 40.5 Å². The van der Waals surface area contributed by atoms with Crippen molar-refractivity contribution in [3.05, 3.63) is 0 Å². The molecule has 1 fully saturated rings. The standard InChI is InChI=1S/C16H31N3O5S/c1-12(17-15(21)24-16(2,3)4)11-18(5)14(20)13-7-9-19(10-8-13)25(6,22)23/h12-13H,7-11H2,1-6H3,(H,17,21)/t12-/m0/s1. The number of carbonyl (C=O) groups excluding carboxylic acids is 2. The molecule has 0 radical (unpaired) electrons. The Morgan fingerprint density at radius 1 is 1.28 bits per heavy atom. The molecule has 2 amide bonds. The van der Waals surface area contributed by atoms with Gasteiger partial charge in [-0.2, -0.15) is 0 Å². The van der Waals surface area contributed by atoms with Crippen LogP contribution in [0.3, 0.4) is 0 Å². The molecule has 0 bridgehead atoms. The molecule has 8 nitrogen and oxygen atoms in total. The number of likely N-dealkylation sites (N-methyl/N-ethyl adjacent to an activating group) is 1. The van der Waals surface area contributed by atoms with Gasteiger partial charge in [0, 0.05) is 38.6 Å². The van der Waals surface area contributed by atoms with Gasteiger partial charge in [-0.25, -0.2) is 17.5 Å². The summed E-state index contributed by atoms with van der Waals surface area (Å²) in [5, 5.41) is 2.71. The first-order valence-corrected chi connectivity index (χ1v) is 10.3. The van der Waals surface area contributed by atoms with E-state index in [4.69, 9.17) is 4.74 Å². The number of rotatable bonds is 5. The summed E-state index contributed by atoms with van der Waals surface area (Å²) in [5.41, 5.74) is -0.570. The molecule has 0 spiro atoms. The molecular weight excluding hydrogens is 346 g/mol. The number of nitrogens with zero attached hydrogens (tertiary/aromatic N) is 2. The Hall–Kier alpha value is -1.35. The number of piperidine rings is 1. The summed E-state index contributed by atoms with van der Waals surface area (Å²) in [6.45, 7) is 8.27. The number of ether oxygens (including phenoxy) is 1. The quantitative estimate of drug-likeness (QED) is 0.772. The first-order chi connectivity index (χ1) is 11.3. The highest BCUT2D eigenvalue weighted by molar-refractivity contribution is 7.88. The fraction of sp³-hybridized carbons (Fsp3) is 0.875. The zero-order chi connectivity index (χ0) is 19.4. The molecule has 1 rings (SSSR count). The topological polar surface area (TPSA) is 96.0 Å². The Morgan fingerprint density at radius 3 is 2.24 bits per heavy atom. The molecule has 1 atom stereocenters. The second kappa shape index (κ2) is 8.35. The number of sulfonamides is 1. The third-order valence-electron chi connectivity index (χ3n) is 3.96. The molecule has 25 heavy (non-hydrogen) atoms. The summed E-state index contributed by atoms with van der Waals surface area (Å²) < 4.78 is 29.6. The molecule has 0 aromatic rings. The Kier molecular flexibility index (Phi) is 7.25. The van der Waals surface area contributed by atoms with Crippen LogP contribution < -0.4 is 5.32 Å². The average Bonchev–Trinajstić information content (AvgIpc) is 2.43. The van der Waals surface area contributed by atoms with Gasteiger partial charge in [0.1, 0.15) is 5.60 Å². The molecule has 146 valence electrons. The van der Waals surface area contributed by atoms with Gasteiger partial charge in [-0.05, 0) is 40.5 Å². The Balaban J connectivity index is 2.45. The highest BCUT2D eigenvalue weighted by atomic mass is 32.2. The van der Waals surface area contributed by atoms with E-state index in [-0.39, 0.29) is 17.9 Å². The molecule has 0 aromatic carbocycles. The largest absolute Gasteiger partial charge is 0.444 e. The first kappa shape index (κ1) is 21.7. The van der Waals surface area contributed by atoms with Crippen LogP contribution in [0.2, 0.25) is 0 Å². The first-order valence-electron chi connectivity index (χ1n) is 8.49. The lowest BCUT2D eigenvalue weighted by molar-refractivity contribution is -0.135. The van der Waals surface area contributed by atoms with E-state index >= 15 is 0 Å². The molecule has 1 aliphatic heterocycles. The normalized spacial score (nSPS) is 18.5. The molecule has 9 heteroatoms. The maximum absolute atomic E-state index is 12.5. The van der Waals surface area contributed by atoms with E-state index in [9.17, 15) is 18.0 Å². The lowest BCUT2D eigenvalue weighted by Gasteiger charge is -2.32. The van der Waals surface area contributed by atoms with E-state index in [1.54, 1.807) is 39.6 Å². The second-order valence-electron chi connectivity index (χ2n) is 7.70. The van der Waals surface area contributed by atoms with Crippen molar-refractivity contribution < 1.29 is 22.7 Å². The Bertz CT molecular complexity index is 577. The van der Waals surface area contributed by atoms with Crippen molar-refractivity contribution in [2.45, 2.75) is 52.2 Å². The van der Waals surface area contributed by atoms with Crippen molar-refractivity contribution in [2.24, 2.45) is 5.92 Å². The minimum atomic E-state index is -3.20. The molecule has 1 aliphatic rings. The zero-order valence-corrected chi connectivity index (χ0v) is 16.9. The lowest BCUT2D eigenvalue weighted by atomic mass is 9.96. The van der Waals surface area contributed by atoms with Crippen LogP contribution in [-0.2, 0) is 19.6 Å². The minimum absolute atomic E-state index is 0.0222. The maximum Gasteiger partial charge on any atom is 0.407 e. The predicted octanol–water partition coefficient (Wildman–Crippen LogP) is 1.03. The molecule has 1 saturated heterocycles. The van der Waals surface area contributed by atoms with Gasteiger partial charge < -0.3 is 15.0 Å². The highest BCUT2D eigenvalue weighted by Gasteiger charge is 2.31.